The third-order valence-corrected chi connectivity index (χ3v) is 1.55. The minimum atomic E-state index is 0.369. The zero-order valence-electron chi connectivity index (χ0n) is 7.08. The summed E-state index contributed by atoms with van der Waals surface area (Å²) in [5.74, 6) is 0. The Morgan fingerprint density at radius 3 is 3.00 bits per heavy atom. The van der Waals surface area contributed by atoms with Crippen LogP contribution in [0.1, 0.15) is 17.5 Å². The third-order valence-electron chi connectivity index (χ3n) is 1.55. The molecule has 0 N–H and O–H groups in total. The number of hydrogen-bond acceptors (Lipinski definition) is 1. The summed E-state index contributed by atoms with van der Waals surface area (Å²) in [4.78, 5) is 9.89. The maximum atomic E-state index is 9.89. The van der Waals surface area contributed by atoms with Gasteiger partial charge in [0.15, 0.2) is 0 Å². The number of carbonyl (C=O) groups excluding carboxylic acids is 1. The van der Waals surface area contributed by atoms with Crippen molar-refractivity contribution in [2.75, 3.05) is 0 Å². The maximum Gasteiger partial charge on any atom is 0.202 e. The number of aryl methyl sites for hydroxylation is 1. The molecule has 0 fully saturated rings. The maximum absolute atomic E-state index is 9.89. The second-order valence-corrected chi connectivity index (χ2v) is 2.66. The van der Waals surface area contributed by atoms with Crippen molar-refractivity contribution in [1.29, 1.82) is 0 Å². The van der Waals surface area contributed by atoms with Crippen LogP contribution in [0.3, 0.4) is 0 Å². The molecule has 12 heavy (non-hydrogen) atoms. The molecule has 0 atom stereocenters. The quantitative estimate of drug-likeness (QED) is 0.662. The van der Waals surface area contributed by atoms with E-state index >= 15 is 0 Å². The Bertz CT molecular complexity index is 287. The molecule has 0 saturated carbocycles. The number of rotatable bonds is 3. The molecule has 0 spiro atoms. The molecule has 61 valence electrons. The molecule has 0 saturated heterocycles. The molecule has 1 heteroatoms. The van der Waals surface area contributed by atoms with Crippen molar-refractivity contribution >= 4 is 12.4 Å². The van der Waals surface area contributed by atoms with E-state index in [0.717, 1.165) is 5.56 Å². The van der Waals surface area contributed by atoms with Crippen LogP contribution in [0, 0.1) is 6.92 Å². The van der Waals surface area contributed by atoms with Gasteiger partial charge in [0.2, 0.25) is 6.29 Å². The lowest BCUT2D eigenvalue weighted by Crippen LogP contribution is -1.74. The summed E-state index contributed by atoms with van der Waals surface area (Å²) in [6, 6.07) is 8.12. The molecule has 1 nitrogen and oxygen atoms in total. The Morgan fingerprint density at radius 1 is 1.50 bits per heavy atom. The molecule has 0 unspecified atom stereocenters. The van der Waals surface area contributed by atoms with Crippen molar-refractivity contribution < 1.29 is 4.79 Å². The van der Waals surface area contributed by atoms with Crippen LogP contribution in [0.25, 0.3) is 6.08 Å². The average molecular weight is 159 g/mol. The monoisotopic (exact) mass is 159 g/mol. The van der Waals surface area contributed by atoms with E-state index in [1.54, 1.807) is 0 Å². The predicted molar refractivity (Wildman–Crippen MR) is 50.5 cm³/mol. The SMILES string of the molecule is Cc1cccc(/C=C/C[C]=O)c1. The van der Waals surface area contributed by atoms with E-state index in [-0.39, 0.29) is 0 Å². The first kappa shape index (κ1) is 8.72. The molecular formula is C11H11O. The summed E-state index contributed by atoms with van der Waals surface area (Å²) >= 11 is 0. The van der Waals surface area contributed by atoms with Crippen molar-refractivity contribution in [3.63, 3.8) is 0 Å². The molecule has 1 aromatic rings. The van der Waals surface area contributed by atoms with Crippen LogP contribution in [-0.2, 0) is 4.79 Å². The molecule has 0 amide bonds. The van der Waals surface area contributed by atoms with Gasteiger partial charge < -0.3 is 0 Å². The van der Waals surface area contributed by atoms with E-state index < -0.39 is 0 Å². The molecule has 1 aromatic carbocycles. The van der Waals surface area contributed by atoms with Crippen LogP contribution < -0.4 is 0 Å². The molecule has 1 radical (unpaired) electrons. The fourth-order valence-electron chi connectivity index (χ4n) is 1.02. The lowest BCUT2D eigenvalue weighted by molar-refractivity contribution is 0.556. The van der Waals surface area contributed by atoms with Crippen molar-refractivity contribution in [3.05, 3.63) is 41.5 Å². The Morgan fingerprint density at radius 2 is 2.33 bits per heavy atom. The van der Waals surface area contributed by atoms with Gasteiger partial charge in [-0.1, -0.05) is 42.0 Å². The summed E-state index contributed by atoms with van der Waals surface area (Å²) in [6.07, 6.45) is 5.92. The molecule has 0 aliphatic carbocycles. The van der Waals surface area contributed by atoms with Crippen LogP contribution in [-0.4, -0.2) is 6.29 Å². The van der Waals surface area contributed by atoms with Gasteiger partial charge in [-0.3, -0.25) is 4.79 Å². The third kappa shape index (κ3) is 2.70. The molecule has 0 aliphatic heterocycles. The molecule has 0 aliphatic rings. The Hall–Kier alpha value is -1.37. The first-order valence-electron chi connectivity index (χ1n) is 3.91. The van der Waals surface area contributed by atoms with Crippen molar-refractivity contribution in [2.45, 2.75) is 13.3 Å². The first-order chi connectivity index (χ1) is 5.83. The minimum absolute atomic E-state index is 0.369. The van der Waals surface area contributed by atoms with E-state index in [4.69, 9.17) is 0 Å². The largest absolute Gasteiger partial charge is 0.291 e. The molecule has 0 aromatic heterocycles. The second-order valence-electron chi connectivity index (χ2n) is 2.66. The van der Waals surface area contributed by atoms with E-state index in [2.05, 4.69) is 6.07 Å². The van der Waals surface area contributed by atoms with E-state index in [0.29, 0.717) is 6.42 Å². The summed E-state index contributed by atoms with van der Waals surface area (Å²) in [7, 11) is 0. The standard InChI is InChI=1S/C11H11O/c1-10-5-4-7-11(9-10)6-2-3-8-12/h2,4-7,9H,3H2,1H3/b6-2+. The van der Waals surface area contributed by atoms with Crippen LogP contribution in [0.5, 0.6) is 0 Å². The number of hydrogen-bond donors (Lipinski definition) is 0. The lowest BCUT2D eigenvalue weighted by atomic mass is 10.1. The highest BCUT2D eigenvalue weighted by molar-refractivity contribution is 5.58. The zero-order chi connectivity index (χ0) is 8.81. The Balaban J connectivity index is 2.69. The molecule has 1 rings (SSSR count). The van der Waals surface area contributed by atoms with Crippen molar-refractivity contribution in [3.8, 4) is 0 Å². The van der Waals surface area contributed by atoms with Crippen LogP contribution in [0.15, 0.2) is 30.3 Å². The molecule has 0 heterocycles. The van der Waals surface area contributed by atoms with Gasteiger partial charge in [0, 0.05) is 6.42 Å². The van der Waals surface area contributed by atoms with E-state index in [9.17, 15) is 4.79 Å². The van der Waals surface area contributed by atoms with Gasteiger partial charge in [-0.2, -0.15) is 0 Å². The summed E-state index contributed by atoms with van der Waals surface area (Å²) in [5.41, 5.74) is 2.36. The fraction of sp³-hybridized carbons (Fsp3) is 0.182. The minimum Gasteiger partial charge on any atom is -0.291 e. The van der Waals surface area contributed by atoms with Crippen LogP contribution in [0.2, 0.25) is 0 Å². The predicted octanol–water partition coefficient (Wildman–Crippen LogP) is 2.51. The Kier molecular flexibility index (Phi) is 3.27. The fourth-order valence-corrected chi connectivity index (χ4v) is 1.02. The van der Waals surface area contributed by atoms with Gasteiger partial charge in [-0.15, -0.1) is 0 Å². The second kappa shape index (κ2) is 4.50. The summed E-state index contributed by atoms with van der Waals surface area (Å²) in [5, 5.41) is 0. The molecular weight excluding hydrogens is 148 g/mol. The van der Waals surface area contributed by atoms with E-state index in [1.807, 2.05) is 43.6 Å². The van der Waals surface area contributed by atoms with Crippen molar-refractivity contribution in [1.82, 2.24) is 0 Å². The van der Waals surface area contributed by atoms with Crippen molar-refractivity contribution in [2.24, 2.45) is 0 Å². The van der Waals surface area contributed by atoms with Crippen LogP contribution in [0.4, 0.5) is 0 Å². The van der Waals surface area contributed by atoms with Gasteiger partial charge in [-0.25, -0.2) is 0 Å². The highest BCUT2D eigenvalue weighted by Crippen LogP contribution is 2.05. The summed E-state index contributed by atoms with van der Waals surface area (Å²) in [6.45, 7) is 2.04. The van der Waals surface area contributed by atoms with E-state index in [1.165, 1.54) is 5.56 Å². The zero-order valence-corrected chi connectivity index (χ0v) is 7.08. The van der Waals surface area contributed by atoms with Gasteiger partial charge in [0.1, 0.15) is 0 Å². The number of allylic oxidation sites excluding steroid dienone is 1. The normalized spacial score (nSPS) is 10.4. The number of benzene rings is 1. The van der Waals surface area contributed by atoms with Gasteiger partial charge >= 0.3 is 0 Å². The lowest BCUT2D eigenvalue weighted by Gasteiger charge is -1.93. The van der Waals surface area contributed by atoms with Gasteiger partial charge in [-0.05, 0) is 12.5 Å². The Labute approximate surface area is 72.7 Å². The molecule has 0 bridgehead atoms. The smallest absolute Gasteiger partial charge is 0.202 e. The summed E-state index contributed by atoms with van der Waals surface area (Å²) < 4.78 is 0. The highest BCUT2D eigenvalue weighted by Gasteiger charge is 1.85. The highest BCUT2D eigenvalue weighted by atomic mass is 16.1. The first-order valence-corrected chi connectivity index (χ1v) is 3.91. The van der Waals surface area contributed by atoms with Gasteiger partial charge in [0.05, 0.1) is 0 Å². The van der Waals surface area contributed by atoms with Gasteiger partial charge in [0.25, 0.3) is 0 Å². The topological polar surface area (TPSA) is 17.1 Å². The average Bonchev–Trinajstić information content (AvgIpc) is 2.05. The van der Waals surface area contributed by atoms with Crippen LogP contribution >= 0.6 is 0 Å².